The van der Waals surface area contributed by atoms with Gasteiger partial charge in [0.1, 0.15) is 0 Å². The first-order valence-electron chi connectivity index (χ1n) is 7.60. The van der Waals surface area contributed by atoms with Crippen LogP contribution in [-0.4, -0.2) is 22.2 Å². The molecule has 1 aromatic rings. The van der Waals surface area contributed by atoms with Crippen molar-refractivity contribution in [2.75, 3.05) is 0 Å². The number of fused-ring (bicyclic) bond motifs is 3. The van der Waals surface area contributed by atoms with E-state index in [1.165, 1.54) is 51.4 Å². The number of aryl methyl sites for hydroxylation is 2. The van der Waals surface area contributed by atoms with Gasteiger partial charge in [0.05, 0.1) is 0 Å². The molecule has 0 bridgehead atoms. The van der Waals surface area contributed by atoms with Gasteiger partial charge in [0.25, 0.3) is 11.9 Å². The van der Waals surface area contributed by atoms with Crippen LogP contribution in [0.2, 0.25) is 0 Å². The Kier molecular flexibility index (Phi) is 13.5. The van der Waals surface area contributed by atoms with E-state index in [1.54, 1.807) is 22.3 Å². The van der Waals surface area contributed by atoms with Crippen molar-refractivity contribution < 1.29 is 53.9 Å². The molecule has 0 atom stereocenters. The number of halogens is 1. The summed E-state index contributed by atoms with van der Waals surface area (Å²) in [6.45, 7) is 2.17. The number of carboxylic acids is 2. The van der Waals surface area contributed by atoms with E-state index in [4.69, 9.17) is 19.8 Å². The first kappa shape index (κ1) is 24.5. The second kappa shape index (κ2) is 12.7. The fourth-order valence-corrected chi connectivity index (χ4v) is 3.08. The second-order valence-electron chi connectivity index (χ2n) is 5.60. The van der Waals surface area contributed by atoms with Crippen LogP contribution in [0, 0.1) is 0 Å². The number of carbonyl (C=O) groups is 2. The number of carboxylic acid groups (broad SMARTS) is 2. The summed E-state index contributed by atoms with van der Waals surface area (Å²) >= 11 is 0. The van der Waals surface area contributed by atoms with Crippen molar-refractivity contribution in [3.63, 3.8) is 0 Å². The molecule has 2 aliphatic carbocycles. The van der Waals surface area contributed by atoms with Crippen molar-refractivity contribution in [1.29, 1.82) is 0 Å². The molecule has 6 heteroatoms. The van der Waals surface area contributed by atoms with Crippen molar-refractivity contribution in [1.82, 2.24) is 0 Å². The molecular formula is C17H25ClO4Ti. The molecule has 0 fully saturated rings. The molecule has 2 N–H and O–H groups in total. The Labute approximate surface area is 159 Å². The van der Waals surface area contributed by atoms with Crippen LogP contribution in [0.3, 0.4) is 0 Å². The van der Waals surface area contributed by atoms with Gasteiger partial charge in [-0.25, -0.2) is 0 Å². The van der Waals surface area contributed by atoms with E-state index < -0.39 is 11.9 Å². The van der Waals surface area contributed by atoms with Crippen LogP contribution in [0.25, 0.3) is 0 Å². The molecule has 0 aromatic heterocycles. The average Bonchev–Trinajstić information content (AvgIpc) is 2.76. The van der Waals surface area contributed by atoms with Gasteiger partial charge >= 0.3 is 21.7 Å². The molecule has 0 saturated heterocycles. The zero-order valence-electron chi connectivity index (χ0n) is 13.8. The maximum Gasteiger partial charge on any atom is 2.00 e. The van der Waals surface area contributed by atoms with Crippen LogP contribution < -0.4 is 12.4 Å². The summed E-state index contributed by atoms with van der Waals surface area (Å²) < 4.78 is 0. The van der Waals surface area contributed by atoms with Crippen LogP contribution in [0.15, 0.2) is 6.07 Å². The Bertz CT molecular complexity index is 447. The minimum absolute atomic E-state index is 0. The summed E-state index contributed by atoms with van der Waals surface area (Å²) in [6.07, 6.45) is 11.2. The molecule has 0 radical (unpaired) electrons. The molecule has 128 valence electrons. The smallest absolute Gasteiger partial charge is 1.00 e. The van der Waals surface area contributed by atoms with Crippen molar-refractivity contribution >= 4 is 11.9 Å². The van der Waals surface area contributed by atoms with Crippen molar-refractivity contribution in [3.8, 4) is 0 Å². The van der Waals surface area contributed by atoms with Crippen LogP contribution in [0.1, 0.15) is 61.8 Å². The Morgan fingerprint density at radius 2 is 1.04 bits per heavy atom. The molecule has 23 heavy (non-hydrogen) atoms. The fourth-order valence-electron chi connectivity index (χ4n) is 3.08. The number of hydrogen-bond donors (Lipinski definition) is 2. The summed E-state index contributed by atoms with van der Waals surface area (Å²) in [7, 11) is 0. The molecule has 0 amide bonds. The number of hydrogen-bond acceptors (Lipinski definition) is 2. The molecule has 0 aliphatic heterocycles. The predicted octanol–water partition coefficient (Wildman–Crippen LogP) is 0.346. The molecule has 0 unspecified atom stereocenters. The van der Waals surface area contributed by atoms with Crippen LogP contribution >= 0.6 is 0 Å². The van der Waals surface area contributed by atoms with Gasteiger partial charge in [-0.3, -0.25) is 9.59 Å². The first-order valence-corrected chi connectivity index (χ1v) is 7.60. The molecule has 1 aromatic carbocycles. The molecule has 2 aliphatic rings. The van der Waals surface area contributed by atoms with Gasteiger partial charge in [0, 0.05) is 13.8 Å². The second-order valence-corrected chi connectivity index (χ2v) is 5.60. The summed E-state index contributed by atoms with van der Waals surface area (Å²) in [5, 5.41) is 14.8. The normalized spacial score (nSPS) is 14.0. The summed E-state index contributed by atoms with van der Waals surface area (Å²) in [5.41, 5.74) is 6.94. The predicted molar refractivity (Wildman–Crippen MR) is 81.9 cm³/mol. The number of rotatable bonds is 0. The molecule has 0 saturated carbocycles. The molecule has 0 spiro atoms. The van der Waals surface area contributed by atoms with E-state index in [0.29, 0.717) is 0 Å². The largest absolute Gasteiger partial charge is 2.00 e. The van der Waals surface area contributed by atoms with E-state index in [-0.39, 0.29) is 34.1 Å². The van der Waals surface area contributed by atoms with Crippen molar-refractivity contribution in [2.24, 2.45) is 0 Å². The third kappa shape index (κ3) is 9.24. The van der Waals surface area contributed by atoms with Gasteiger partial charge < -0.3 is 22.6 Å². The third-order valence-electron chi connectivity index (χ3n) is 3.73. The minimum atomic E-state index is -0.833. The monoisotopic (exact) mass is 376 g/mol. The topological polar surface area (TPSA) is 74.6 Å². The number of aliphatic carboxylic acids is 2. The van der Waals surface area contributed by atoms with Crippen LogP contribution in [-0.2, 0) is 57.0 Å². The average molecular weight is 377 g/mol. The molecule has 0 heterocycles. The van der Waals surface area contributed by atoms with E-state index >= 15 is 0 Å². The maximum atomic E-state index is 9.00. The Balaban J connectivity index is 0. The quantitative estimate of drug-likeness (QED) is 0.506. The zero-order valence-corrected chi connectivity index (χ0v) is 16.1. The summed E-state index contributed by atoms with van der Waals surface area (Å²) in [4.78, 5) is 18.0. The molecular weight excluding hydrogens is 352 g/mol. The Morgan fingerprint density at radius 3 is 1.35 bits per heavy atom. The SMILES string of the molecule is CC(=O)O.CC(=O)O.[Cl-].[Ti+2].[cH-]1c2c(c3c1CCCC3)CCCC2. The van der Waals surface area contributed by atoms with Gasteiger partial charge in [-0.2, -0.15) is 28.3 Å². The van der Waals surface area contributed by atoms with Crippen molar-refractivity contribution in [3.05, 3.63) is 28.3 Å². The van der Waals surface area contributed by atoms with E-state index in [9.17, 15) is 0 Å². The zero-order chi connectivity index (χ0) is 15.8. The van der Waals surface area contributed by atoms with E-state index in [2.05, 4.69) is 6.07 Å². The third-order valence-corrected chi connectivity index (χ3v) is 3.73. The van der Waals surface area contributed by atoms with E-state index in [0.717, 1.165) is 13.8 Å². The van der Waals surface area contributed by atoms with Crippen LogP contribution in [0.5, 0.6) is 0 Å². The first-order chi connectivity index (χ1) is 9.91. The van der Waals surface area contributed by atoms with Gasteiger partial charge in [0.2, 0.25) is 0 Å². The molecule has 4 nitrogen and oxygen atoms in total. The minimum Gasteiger partial charge on any atom is -1.00 e. The van der Waals surface area contributed by atoms with Gasteiger partial charge in [0.15, 0.2) is 0 Å². The standard InChI is InChI=1S/C13H17.2C2H4O2.ClH.Ti/c1-3-7-12-10(5-1)9-11-6-2-4-8-13(11)12;2*1-2(3)4;;/h9H,1-8H2;2*1H3,(H,3,4);1H;/q-1;;;;+2/p-1. The Morgan fingerprint density at radius 1 is 0.783 bits per heavy atom. The molecule has 3 rings (SSSR count). The Hall–Kier alpha value is -0.706. The fraction of sp³-hybridized carbons (Fsp3) is 0.588. The van der Waals surface area contributed by atoms with Gasteiger partial charge in [-0.1, -0.05) is 51.4 Å². The van der Waals surface area contributed by atoms with Gasteiger partial charge in [-0.15, -0.1) is 0 Å². The van der Waals surface area contributed by atoms with Gasteiger partial charge in [-0.05, 0) is 0 Å². The van der Waals surface area contributed by atoms with Crippen molar-refractivity contribution in [2.45, 2.75) is 65.2 Å². The van der Waals surface area contributed by atoms with Crippen LogP contribution in [0.4, 0.5) is 0 Å². The maximum absolute atomic E-state index is 9.00. The summed E-state index contributed by atoms with van der Waals surface area (Å²) in [5.74, 6) is -1.67. The van der Waals surface area contributed by atoms with E-state index in [1.807, 2.05) is 0 Å². The summed E-state index contributed by atoms with van der Waals surface area (Å²) in [6, 6.07) is 2.52.